The Hall–Kier alpha value is -2.16. The lowest BCUT2D eigenvalue weighted by Gasteiger charge is -2.11. The zero-order chi connectivity index (χ0) is 15.9. The van der Waals surface area contributed by atoms with Crippen molar-refractivity contribution in [2.45, 2.75) is 33.6 Å². The summed E-state index contributed by atoms with van der Waals surface area (Å²) >= 11 is 0. The molecule has 0 aliphatic rings. The van der Waals surface area contributed by atoms with Crippen molar-refractivity contribution in [2.75, 3.05) is 18.9 Å². The van der Waals surface area contributed by atoms with Crippen molar-refractivity contribution >= 4 is 5.69 Å². The molecule has 0 aromatic heterocycles. The van der Waals surface area contributed by atoms with Gasteiger partial charge in [0.15, 0.2) is 0 Å². The Kier molecular flexibility index (Phi) is 5.70. The molecule has 3 nitrogen and oxygen atoms in total. The van der Waals surface area contributed by atoms with Crippen LogP contribution in [0, 0.1) is 20.8 Å². The Morgan fingerprint density at radius 3 is 2.32 bits per heavy atom. The number of rotatable bonds is 7. The molecule has 0 radical (unpaired) electrons. The van der Waals surface area contributed by atoms with Gasteiger partial charge in [-0.1, -0.05) is 12.1 Å². The molecular formula is C19H25NO2. The van der Waals surface area contributed by atoms with Gasteiger partial charge in [0, 0.05) is 11.3 Å². The largest absolute Gasteiger partial charge is 0.494 e. The summed E-state index contributed by atoms with van der Waals surface area (Å²) < 4.78 is 11.5. The van der Waals surface area contributed by atoms with Gasteiger partial charge in [0.1, 0.15) is 11.5 Å². The highest BCUT2D eigenvalue weighted by Gasteiger charge is 2.02. The molecule has 0 amide bonds. The molecule has 0 saturated carbocycles. The molecule has 2 rings (SSSR count). The second-order valence-electron chi connectivity index (χ2n) is 5.62. The minimum absolute atomic E-state index is 0.681. The van der Waals surface area contributed by atoms with E-state index in [1.54, 1.807) is 0 Å². The van der Waals surface area contributed by atoms with Crippen LogP contribution in [0.4, 0.5) is 5.69 Å². The van der Waals surface area contributed by atoms with Crippen LogP contribution in [-0.2, 0) is 0 Å². The van der Waals surface area contributed by atoms with Gasteiger partial charge in [0.2, 0.25) is 0 Å². The fraction of sp³-hybridized carbons (Fsp3) is 0.368. The van der Waals surface area contributed by atoms with E-state index in [-0.39, 0.29) is 0 Å². The number of unbranched alkanes of at least 4 members (excludes halogenated alkanes) is 1. The van der Waals surface area contributed by atoms with Crippen LogP contribution in [-0.4, -0.2) is 13.2 Å². The molecule has 2 aromatic carbocycles. The number of nitrogens with two attached hydrogens (primary N) is 1. The average molecular weight is 299 g/mol. The SMILES string of the molecule is Cc1ccc(OCCCCOc2cccc(N)c2C)cc1C. The normalized spacial score (nSPS) is 10.5. The molecule has 2 N–H and O–H groups in total. The Bertz CT molecular complexity index is 623. The van der Waals surface area contributed by atoms with Gasteiger partial charge >= 0.3 is 0 Å². The summed E-state index contributed by atoms with van der Waals surface area (Å²) in [5.74, 6) is 1.81. The third-order valence-corrected chi connectivity index (χ3v) is 3.87. The van der Waals surface area contributed by atoms with Crippen LogP contribution in [0.5, 0.6) is 11.5 Å². The molecule has 0 spiro atoms. The van der Waals surface area contributed by atoms with Gasteiger partial charge in [0.25, 0.3) is 0 Å². The van der Waals surface area contributed by atoms with E-state index < -0.39 is 0 Å². The van der Waals surface area contributed by atoms with Crippen molar-refractivity contribution in [2.24, 2.45) is 0 Å². The first kappa shape index (κ1) is 16.2. The molecule has 0 aliphatic carbocycles. The van der Waals surface area contributed by atoms with E-state index >= 15 is 0 Å². The van der Waals surface area contributed by atoms with E-state index in [4.69, 9.17) is 15.2 Å². The Morgan fingerprint density at radius 2 is 1.59 bits per heavy atom. The zero-order valence-electron chi connectivity index (χ0n) is 13.7. The van der Waals surface area contributed by atoms with Crippen LogP contribution in [0.1, 0.15) is 29.5 Å². The van der Waals surface area contributed by atoms with E-state index in [0.717, 1.165) is 35.6 Å². The second-order valence-corrected chi connectivity index (χ2v) is 5.62. The summed E-state index contributed by atoms with van der Waals surface area (Å²) in [7, 11) is 0. The first-order chi connectivity index (χ1) is 10.6. The molecule has 0 fully saturated rings. The summed E-state index contributed by atoms with van der Waals surface area (Å²) in [5.41, 5.74) is 10.2. The van der Waals surface area contributed by atoms with Crippen LogP contribution in [0.3, 0.4) is 0 Å². The summed E-state index contributed by atoms with van der Waals surface area (Å²) in [4.78, 5) is 0. The molecule has 22 heavy (non-hydrogen) atoms. The van der Waals surface area contributed by atoms with E-state index in [1.165, 1.54) is 11.1 Å². The first-order valence-electron chi connectivity index (χ1n) is 7.76. The molecule has 3 heteroatoms. The smallest absolute Gasteiger partial charge is 0.124 e. The van der Waals surface area contributed by atoms with Crippen molar-refractivity contribution in [3.05, 3.63) is 53.1 Å². The van der Waals surface area contributed by atoms with Crippen LogP contribution < -0.4 is 15.2 Å². The molecular weight excluding hydrogens is 274 g/mol. The van der Waals surface area contributed by atoms with Crippen molar-refractivity contribution < 1.29 is 9.47 Å². The number of ether oxygens (including phenoxy) is 2. The highest BCUT2D eigenvalue weighted by molar-refractivity contribution is 5.53. The monoisotopic (exact) mass is 299 g/mol. The maximum absolute atomic E-state index is 5.86. The third-order valence-electron chi connectivity index (χ3n) is 3.87. The quantitative estimate of drug-likeness (QED) is 0.607. The maximum Gasteiger partial charge on any atom is 0.124 e. The number of hydrogen-bond acceptors (Lipinski definition) is 3. The van der Waals surface area contributed by atoms with Gasteiger partial charge in [0.05, 0.1) is 13.2 Å². The Balaban J connectivity index is 1.67. The minimum atomic E-state index is 0.681. The molecule has 0 saturated heterocycles. The molecule has 0 aliphatic heterocycles. The van der Waals surface area contributed by atoms with Crippen LogP contribution in [0.15, 0.2) is 36.4 Å². The average Bonchev–Trinajstić information content (AvgIpc) is 2.50. The van der Waals surface area contributed by atoms with Crippen LogP contribution >= 0.6 is 0 Å². The lowest BCUT2D eigenvalue weighted by atomic mass is 10.1. The third kappa shape index (κ3) is 4.42. The number of anilines is 1. The fourth-order valence-corrected chi connectivity index (χ4v) is 2.17. The van der Waals surface area contributed by atoms with E-state index in [2.05, 4.69) is 26.0 Å². The Labute approximate surface area is 133 Å². The summed E-state index contributed by atoms with van der Waals surface area (Å²) in [5, 5.41) is 0. The van der Waals surface area contributed by atoms with Crippen LogP contribution in [0.25, 0.3) is 0 Å². The lowest BCUT2D eigenvalue weighted by molar-refractivity contribution is 0.265. The Morgan fingerprint density at radius 1 is 0.864 bits per heavy atom. The van der Waals surface area contributed by atoms with Crippen LogP contribution in [0.2, 0.25) is 0 Å². The van der Waals surface area contributed by atoms with Crippen molar-refractivity contribution in [1.82, 2.24) is 0 Å². The van der Waals surface area contributed by atoms with Gasteiger partial charge in [-0.3, -0.25) is 0 Å². The molecule has 0 atom stereocenters. The summed E-state index contributed by atoms with van der Waals surface area (Å²) in [6.07, 6.45) is 1.92. The molecule has 0 unspecified atom stereocenters. The maximum atomic E-state index is 5.86. The van der Waals surface area contributed by atoms with E-state index in [1.807, 2.05) is 31.2 Å². The van der Waals surface area contributed by atoms with Gasteiger partial charge in [-0.05, 0) is 69.0 Å². The van der Waals surface area contributed by atoms with E-state index in [0.29, 0.717) is 13.2 Å². The zero-order valence-corrected chi connectivity index (χ0v) is 13.7. The number of aryl methyl sites for hydroxylation is 2. The molecule has 0 bridgehead atoms. The fourth-order valence-electron chi connectivity index (χ4n) is 2.17. The number of nitrogen functional groups attached to an aromatic ring is 1. The van der Waals surface area contributed by atoms with Crippen molar-refractivity contribution in [3.63, 3.8) is 0 Å². The lowest BCUT2D eigenvalue weighted by Crippen LogP contribution is -2.04. The van der Waals surface area contributed by atoms with E-state index in [9.17, 15) is 0 Å². The minimum Gasteiger partial charge on any atom is -0.494 e. The standard InChI is InChI=1S/C19H25NO2/c1-14-9-10-17(13-15(14)2)21-11-4-5-12-22-19-8-6-7-18(20)16(19)3/h6-10,13H,4-5,11-12,20H2,1-3H3. The van der Waals surface area contributed by atoms with Gasteiger partial charge in [-0.15, -0.1) is 0 Å². The van der Waals surface area contributed by atoms with Crippen molar-refractivity contribution in [1.29, 1.82) is 0 Å². The van der Waals surface area contributed by atoms with Gasteiger partial charge < -0.3 is 15.2 Å². The molecule has 0 heterocycles. The topological polar surface area (TPSA) is 44.5 Å². The first-order valence-corrected chi connectivity index (χ1v) is 7.76. The predicted octanol–water partition coefficient (Wildman–Crippen LogP) is 4.43. The number of hydrogen-bond donors (Lipinski definition) is 1. The van der Waals surface area contributed by atoms with Gasteiger partial charge in [-0.2, -0.15) is 0 Å². The highest BCUT2D eigenvalue weighted by atomic mass is 16.5. The summed E-state index contributed by atoms with van der Waals surface area (Å²) in [6, 6.07) is 12.0. The molecule has 2 aromatic rings. The highest BCUT2D eigenvalue weighted by Crippen LogP contribution is 2.23. The molecule has 118 valence electrons. The number of benzene rings is 2. The summed E-state index contributed by atoms with van der Waals surface area (Å²) in [6.45, 7) is 7.58. The van der Waals surface area contributed by atoms with Crippen molar-refractivity contribution in [3.8, 4) is 11.5 Å². The van der Waals surface area contributed by atoms with Gasteiger partial charge in [-0.25, -0.2) is 0 Å². The second kappa shape index (κ2) is 7.74. The predicted molar refractivity (Wildman–Crippen MR) is 91.7 cm³/mol.